The van der Waals surface area contributed by atoms with E-state index in [-0.39, 0.29) is 23.9 Å². The van der Waals surface area contributed by atoms with Gasteiger partial charge in [0.05, 0.1) is 18.1 Å². The molecule has 0 amide bonds. The highest BCUT2D eigenvalue weighted by Gasteiger charge is 2.42. The van der Waals surface area contributed by atoms with Crippen LogP contribution in [0.25, 0.3) is 0 Å². The van der Waals surface area contributed by atoms with Crippen LogP contribution in [0.15, 0.2) is 71.6 Å². The zero-order valence-corrected chi connectivity index (χ0v) is 17.3. The summed E-state index contributed by atoms with van der Waals surface area (Å²) >= 11 is 0. The van der Waals surface area contributed by atoms with Gasteiger partial charge < -0.3 is 9.47 Å². The van der Waals surface area contributed by atoms with Gasteiger partial charge in [-0.2, -0.15) is 4.31 Å². The van der Waals surface area contributed by atoms with Crippen molar-refractivity contribution in [3.63, 3.8) is 0 Å². The third-order valence-electron chi connectivity index (χ3n) is 4.63. The van der Waals surface area contributed by atoms with Crippen LogP contribution in [0.5, 0.6) is 0 Å². The number of carbonyl (C=O) groups is 1. The highest BCUT2D eigenvalue weighted by Crippen LogP contribution is 2.26. The minimum absolute atomic E-state index is 0.0628. The van der Waals surface area contributed by atoms with Crippen LogP contribution in [0.1, 0.15) is 18.1 Å². The second-order valence-corrected chi connectivity index (χ2v) is 8.62. The summed E-state index contributed by atoms with van der Waals surface area (Å²) in [6, 6.07) is 15.1. The number of aryl methyl sites for hydroxylation is 1. The summed E-state index contributed by atoms with van der Waals surface area (Å²) in [4.78, 5) is 12.7. The fourth-order valence-electron chi connectivity index (χ4n) is 3.13. The van der Waals surface area contributed by atoms with Crippen molar-refractivity contribution < 1.29 is 22.7 Å². The number of ketones is 1. The van der Waals surface area contributed by atoms with Crippen molar-refractivity contribution in [2.24, 2.45) is 0 Å². The monoisotopic (exact) mass is 415 g/mol. The highest BCUT2D eigenvalue weighted by molar-refractivity contribution is 7.89. The molecule has 0 saturated heterocycles. The lowest BCUT2D eigenvalue weighted by Gasteiger charge is -2.36. The first kappa shape index (κ1) is 21.4. The van der Waals surface area contributed by atoms with Gasteiger partial charge in [-0.05, 0) is 43.7 Å². The van der Waals surface area contributed by atoms with E-state index in [9.17, 15) is 13.2 Å². The lowest BCUT2D eigenvalue weighted by molar-refractivity contribution is -0.125. The number of ether oxygens (including phenoxy) is 2. The molecule has 0 N–H and O–H groups in total. The third-order valence-corrected chi connectivity index (χ3v) is 6.52. The van der Waals surface area contributed by atoms with E-state index >= 15 is 0 Å². The number of rotatable bonds is 8. The smallest absolute Gasteiger partial charge is 0.246 e. The van der Waals surface area contributed by atoms with Gasteiger partial charge in [-0.3, -0.25) is 4.79 Å². The van der Waals surface area contributed by atoms with E-state index in [1.54, 1.807) is 31.2 Å². The third kappa shape index (κ3) is 5.00. The number of carbonyl (C=O) groups excluding carboxylic acids is 1. The molecule has 0 fully saturated rings. The van der Waals surface area contributed by atoms with E-state index in [0.717, 1.165) is 15.4 Å². The first-order valence-electron chi connectivity index (χ1n) is 9.49. The van der Waals surface area contributed by atoms with Crippen molar-refractivity contribution in [1.82, 2.24) is 4.31 Å². The van der Waals surface area contributed by atoms with Gasteiger partial charge in [-0.1, -0.05) is 48.0 Å². The van der Waals surface area contributed by atoms with Crippen LogP contribution >= 0.6 is 0 Å². The van der Waals surface area contributed by atoms with Crippen LogP contribution < -0.4 is 0 Å². The van der Waals surface area contributed by atoms with Gasteiger partial charge in [0, 0.05) is 6.61 Å². The molecule has 1 aliphatic rings. The maximum atomic E-state index is 13.4. The average molecular weight is 416 g/mol. The minimum atomic E-state index is -3.97. The molecule has 154 valence electrons. The molecule has 0 aliphatic carbocycles. The molecule has 6 nitrogen and oxygen atoms in total. The van der Waals surface area contributed by atoms with Gasteiger partial charge >= 0.3 is 0 Å². The van der Waals surface area contributed by atoms with Gasteiger partial charge in [0.15, 0.2) is 5.78 Å². The molecule has 3 rings (SSSR count). The fraction of sp³-hybridized carbons (Fsp3) is 0.318. The van der Waals surface area contributed by atoms with E-state index in [2.05, 4.69) is 0 Å². The van der Waals surface area contributed by atoms with E-state index in [4.69, 9.17) is 9.47 Å². The summed E-state index contributed by atoms with van der Waals surface area (Å²) in [5.74, 6) is -0.329. The van der Waals surface area contributed by atoms with Crippen LogP contribution in [0.2, 0.25) is 0 Å². The zero-order chi connectivity index (χ0) is 20.9. The van der Waals surface area contributed by atoms with Crippen LogP contribution in [0.3, 0.4) is 0 Å². The molecule has 0 aromatic heterocycles. The highest BCUT2D eigenvalue weighted by atomic mass is 32.2. The van der Waals surface area contributed by atoms with Crippen molar-refractivity contribution >= 4 is 15.8 Å². The number of sulfonamides is 1. The van der Waals surface area contributed by atoms with Gasteiger partial charge in [0.1, 0.15) is 12.3 Å². The Hall–Kier alpha value is -2.32. The van der Waals surface area contributed by atoms with Crippen LogP contribution in [0.4, 0.5) is 0 Å². The predicted octanol–water partition coefficient (Wildman–Crippen LogP) is 3.07. The summed E-state index contributed by atoms with van der Waals surface area (Å²) in [5.41, 5.74) is 1.89. The minimum Gasteiger partial charge on any atom is -0.375 e. The molecule has 2 atom stereocenters. The molecule has 29 heavy (non-hydrogen) atoms. The average Bonchev–Trinajstić information content (AvgIpc) is 2.71. The summed E-state index contributed by atoms with van der Waals surface area (Å²) in [6.45, 7) is 4.19. The SMILES string of the molecule is CCO[C@@H]1C=CC(=O)[C@H](COCc2ccccc2)N1S(=O)(=O)c1ccc(C)cc1. The molecule has 0 spiro atoms. The van der Waals surface area contributed by atoms with Gasteiger partial charge in [-0.25, -0.2) is 8.42 Å². The Balaban J connectivity index is 1.87. The number of hydrogen-bond donors (Lipinski definition) is 0. The molecule has 7 heteroatoms. The van der Waals surface area contributed by atoms with Crippen molar-refractivity contribution in [3.05, 3.63) is 77.9 Å². The van der Waals surface area contributed by atoms with E-state index < -0.39 is 22.3 Å². The molecule has 0 bridgehead atoms. The Morgan fingerprint density at radius 1 is 1.03 bits per heavy atom. The molecule has 2 aromatic carbocycles. The Labute approximate surface area is 171 Å². The van der Waals surface area contributed by atoms with E-state index in [1.807, 2.05) is 37.3 Å². The lowest BCUT2D eigenvalue weighted by atomic mass is 10.1. The molecule has 0 unspecified atom stereocenters. The fourth-order valence-corrected chi connectivity index (χ4v) is 4.76. The summed E-state index contributed by atoms with van der Waals surface area (Å²) in [5, 5.41) is 0. The van der Waals surface area contributed by atoms with Crippen molar-refractivity contribution in [2.75, 3.05) is 13.2 Å². The van der Waals surface area contributed by atoms with Crippen LogP contribution in [0, 0.1) is 6.92 Å². The van der Waals surface area contributed by atoms with Crippen LogP contribution in [-0.2, 0) is 30.9 Å². The van der Waals surface area contributed by atoms with E-state index in [1.165, 1.54) is 12.2 Å². The Bertz CT molecular complexity index is 954. The first-order chi connectivity index (χ1) is 13.9. The van der Waals surface area contributed by atoms with Gasteiger partial charge in [-0.15, -0.1) is 0 Å². The summed E-state index contributed by atoms with van der Waals surface area (Å²) in [6.07, 6.45) is 1.98. The van der Waals surface area contributed by atoms with Gasteiger partial charge in [0.25, 0.3) is 0 Å². The Morgan fingerprint density at radius 3 is 2.38 bits per heavy atom. The molecular formula is C22H25NO5S. The predicted molar refractivity (Wildman–Crippen MR) is 110 cm³/mol. The molecule has 0 radical (unpaired) electrons. The normalized spacial score (nSPS) is 20.1. The number of benzene rings is 2. The Kier molecular flexibility index (Phi) is 6.97. The molecule has 2 aromatic rings. The quantitative estimate of drug-likeness (QED) is 0.663. The molecule has 1 heterocycles. The largest absolute Gasteiger partial charge is 0.375 e. The maximum absolute atomic E-state index is 13.4. The zero-order valence-electron chi connectivity index (χ0n) is 16.5. The maximum Gasteiger partial charge on any atom is 0.246 e. The number of nitrogens with zero attached hydrogens (tertiary/aromatic N) is 1. The topological polar surface area (TPSA) is 72.9 Å². The summed E-state index contributed by atoms with van der Waals surface area (Å²) in [7, 11) is -3.97. The second-order valence-electron chi connectivity index (χ2n) is 6.77. The van der Waals surface area contributed by atoms with Crippen molar-refractivity contribution in [2.45, 2.75) is 37.6 Å². The number of hydrogen-bond acceptors (Lipinski definition) is 5. The summed E-state index contributed by atoms with van der Waals surface area (Å²) < 4.78 is 39.2. The molecule has 1 aliphatic heterocycles. The van der Waals surface area contributed by atoms with Crippen molar-refractivity contribution in [3.8, 4) is 0 Å². The lowest BCUT2D eigenvalue weighted by Crippen LogP contribution is -2.54. The second kappa shape index (κ2) is 9.45. The first-order valence-corrected chi connectivity index (χ1v) is 10.9. The van der Waals surface area contributed by atoms with Crippen LogP contribution in [-0.4, -0.2) is 44.0 Å². The molecular weight excluding hydrogens is 390 g/mol. The van der Waals surface area contributed by atoms with Gasteiger partial charge in [0.2, 0.25) is 10.0 Å². The van der Waals surface area contributed by atoms with E-state index in [0.29, 0.717) is 6.61 Å². The Morgan fingerprint density at radius 2 is 1.72 bits per heavy atom. The molecule has 0 saturated carbocycles. The van der Waals surface area contributed by atoms with Crippen molar-refractivity contribution in [1.29, 1.82) is 0 Å². The standard InChI is InChI=1S/C22H25NO5S/c1-3-28-22-14-13-21(24)20(16-27-15-18-7-5-4-6-8-18)23(22)29(25,26)19-11-9-17(2)10-12-19/h4-14,20,22H,3,15-16H2,1-2H3/t20-,22+/m0/s1.